The molecule has 0 aromatic carbocycles. The van der Waals surface area contributed by atoms with Crippen molar-refractivity contribution in [1.82, 2.24) is 9.36 Å². The molecule has 4 fully saturated rings. The van der Waals surface area contributed by atoms with Crippen molar-refractivity contribution >= 4 is 6.09 Å². The molecule has 0 atom stereocenters. The quantitative estimate of drug-likeness (QED) is 0.887. The molecule has 5 rings (SSSR count). The zero-order valence-corrected chi connectivity index (χ0v) is 13.2. The zero-order valence-electron chi connectivity index (χ0n) is 13.2. The first-order valence-corrected chi connectivity index (χ1v) is 8.84. The van der Waals surface area contributed by atoms with Crippen molar-refractivity contribution < 1.29 is 15.0 Å². The molecule has 122 valence electrons. The minimum atomic E-state index is -0.947. The molecule has 0 aliphatic heterocycles. The van der Waals surface area contributed by atoms with Crippen LogP contribution in [-0.4, -0.2) is 25.7 Å². The highest BCUT2D eigenvalue weighted by atomic mass is 16.4. The zero-order chi connectivity index (χ0) is 15.4. The van der Waals surface area contributed by atoms with E-state index in [-0.39, 0.29) is 11.9 Å². The summed E-state index contributed by atoms with van der Waals surface area (Å²) in [5.41, 5.74) is 0.600. The topological polar surface area (TPSA) is 67.4 Å². The van der Waals surface area contributed by atoms with E-state index in [0.717, 1.165) is 24.7 Å². The first kappa shape index (κ1) is 14.2. The number of carboxylic acid groups (broad SMARTS) is 1. The third kappa shape index (κ3) is 1.94. The molecule has 4 saturated carbocycles. The van der Waals surface area contributed by atoms with Crippen LogP contribution in [0.5, 0.6) is 5.88 Å². The molecule has 1 aromatic rings. The summed E-state index contributed by atoms with van der Waals surface area (Å²) in [5, 5.41) is 20.1. The Labute approximate surface area is 130 Å². The lowest BCUT2D eigenvalue weighted by molar-refractivity contribution is -0.0445. The van der Waals surface area contributed by atoms with Crippen molar-refractivity contribution in [3.8, 4) is 5.88 Å². The normalized spacial score (nSPS) is 36.1. The number of unbranched alkanes of at least 4 members (excludes halogenated alkanes) is 1. The number of rotatable bonds is 4. The lowest BCUT2D eigenvalue weighted by Crippen LogP contribution is -2.49. The van der Waals surface area contributed by atoms with E-state index in [2.05, 4.69) is 6.92 Å². The Kier molecular flexibility index (Phi) is 3.27. The predicted molar refractivity (Wildman–Crippen MR) is 82.2 cm³/mol. The van der Waals surface area contributed by atoms with Crippen molar-refractivity contribution in [2.75, 3.05) is 0 Å². The van der Waals surface area contributed by atoms with Crippen LogP contribution in [0.2, 0.25) is 0 Å². The second kappa shape index (κ2) is 5.07. The molecule has 1 aromatic heterocycles. The molecule has 5 heteroatoms. The third-order valence-electron chi connectivity index (χ3n) is 6.35. The molecule has 4 aliphatic rings. The Morgan fingerprint density at radius 3 is 2.23 bits per heavy atom. The Morgan fingerprint density at radius 1 is 1.14 bits per heavy atom. The van der Waals surface area contributed by atoms with Crippen molar-refractivity contribution in [3.63, 3.8) is 0 Å². The standard InChI is InChI=1S/C17H26N2O3/c1-2-3-4-14-16(20)19(18(14)17(21)22)15-12-6-10-5-11(8-12)9-13(15)7-10/h10-13,15,20H,2-9H2,1H3,(H,21,22). The second-order valence-electron chi connectivity index (χ2n) is 7.73. The number of aromatic nitrogens is 2. The van der Waals surface area contributed by atoms with Gasteiger partial charge in [0.1, 0.15) is 5.69 Å². The molecule has 4 aliphatic carbocycles. The summed E-state index contributed by atoms with van der Waals surface area (Å²) in [4.78, 5) is 11.7. The number of aromatic hydroxyl groups is 1. The van der Waals surface area contributed by atoms with Gasteiger partial charge in [0.25, 0.3) is 0 Å². The van der Waals surface area contributed by atoms with Crippen LogP contribution in [0.25, 0.3) is 0 Å². The van der Waals surface area contributed by atoms with Crippen molar-refractivity contribution in [3.05, 3.63) is 5.69 Å². The highest BCUT2D eigenvalue weighted by molar-refractivity contribution is 5.70. The van der Waals surface area contributed by atoms with E-state index in [1.165, 1.54) is 36.8 Å². The van der Waals surface area contributed by atoms with Gasteiger partial charge < -0.3 is 10.2 Å². The van der Waals surface area contributed by atoms with Gasteiger partial charge in [-0.2, -0.15) is 4.68 Å². The molecule has 0 saturated heterocycles. The summed E-state index contributed by atoms with van der Waals surface area (Å²) in [6.07, 6.45) is 7.89. The fraction of sp³-hybridized carbons (Fsp3) is 0.824. The van der Waals surface area contributed by atoms with Crippen molar-refractivity contribution in [2.24, 2.45) is 23.7 Å². The van der Waals surface area contributed by atoms with Crippen LogP contribution in [-0.2, 0) is 6.42 Å². The molecular weight excluding hydrogens is 280 g/mol. The van der Waals surface area contributed by atoms with Crippen LogP contribution in [0, 0.1) is 23.7 Å². The monoisotopic (exact) mass is 306 g/mol. The summed E-state index contributed by atoms with van der Waals surface area (Å²) < 4.78 is 3.07. The molecule has 2 N–H and O–H groups in total. The minimum Gasteiger partial charge on any atom is -0.492 e. The first-order chi connectivity index (χ1) is 10.6. The van der Waals surface area contributed by atoms with Crippen LogP contribution in [0.15, 0.2) is 0 Å². The molecule has 5 nitrogen and oxygen atoms in total. The van der Waals surface area contributed by atoms with E-state index in [0.29, 0.717) is 24.0 Å². The van der Waals surface area contributed by atoms with Gasteiger partial charge in [-0.15, -0.1) is 0 Å². The van der Waals surface area contributed by atoms with E-state index in [1.807, 2.05) is 0 Å². The molecule has 4 bridgehead atoms. The third-order valence-corrected chi connectivity index (χ3v) is 6.35. The van der Waals surface area contributed by atoms with Gasteiger partial charge in [-0.05, 0) is 68.6 Å². The largest absolute Gasteiger partial charge is 0.492 e. The highest BCUT2D eigenvalue weighted by Crippen LogP contribution is 2.59. The minimum absolute atomic E-state index is 0.203. The number of hydrogen-bond donors (Lipinski definition) is 2. The van der Waals surface area contributed by atoms with Gasteiger partial charge in [0.05, 0.1) is 6.04 Å². The fourth-order valence-corrected chi connectivity index (χ4v) is 5.75. The number of carbonyl (C=O) groups is 1. The maximum atomic E-state index is 11.7. The van der Waals surface area contributed by atoms with E-state index in [1.54, 1.807) is 4.68 Å². The Hall–Kier alpha value is -1.39. The fourth-order valence-electron chi connectivity index (χ4n) is 5.75. The second-order valence-corrected chi connectivity index (χ2v) is 7.73. The van der Waals surface area contributed by atoms with Crippen LogP contribution < -0.4 is 0 Å². The van der Waals surface area contributed by atoms with Crippen LogP contribution in [0.3, 0.4) is 0 Å². The van der Waals surface area contributed by atoms with Gasteiger partial charge in [0.2, 0.25) is 5.88 Å². The first-order valence-electron chi connectivity index (χ1n) is 8.84. The van der Waals surface area contributed by atoms with Crippen molar-refractivity contribution in [2.45, 2.75) is 64.3 Å². The summed E-state index contributed by atoms with van der Waals surface area (Å²) >= 11 is 0. The maximum Gasteiger partial charge on any atom is 0.431 e. The van der Waals surface area contributed by atoms with Gasteiger partial charge in [0, 0.05) is 0 Å². The summed E-state index contributed by atoms with van der Waals surface area (Å²) in [6.45, 7) is 2.08. The van der Waals surface area contributed by atoms with Gasteiger partial charge in [0.15, 0.2) is 0 Å². The van der Waals surface area contributed by atoms with Crippen LogP contribution in [0.1, 0.15) is 63.6 Å². The lowest BCUT2D eigenvalue weighted by Gasteiger charge is -2.55. The molecule has 0 unspecified atom stereocenters. The van der Waals surface area contributed by atoms with E-state index >= 15 is 0 Å². The average molecular weight is 306 g/mol. The molecule has 22 heavy (non-hydrogen) atoms. The van der Waals surface area contributed by atoms with Crippen LogP contribution in [0.4, 0.5) is 4.79 Å². The van der Waals surface area contributed by atoms with Gasteiger partial charge >= 0.3 is 6.09 Å². The maximum absolute atomic E-state index is 11.7. The van der Waals surface area contributed by atoms with Crippen LogP contribution >= 0.6 is 0 Å². The smallest absolute Gasteiger partial charge is 0.431 e. The summed E-state index contributed by atoms with van der Waals surface area (Å²) in [5.74, 6) is 3.06. The van der Waals surface area contributed by atoms with Gasteiger partial charge in [-0.1, -0.05) is 13.3 Å². The molecule has 0 radical (unpaired) electrons. The lowest BCUT2D eigenvalue weighted by atomic mass is 9.54. The van der Waals surface area contributed by atoms with E-state index < -0.39 is 6.09 Å². The number of hydrogen-bond acceptors (Lipinski definition) is 2. The average Bonchev–Trinajstić information content (AvgIpc) is 2.46. The highest BCUT2D eigenvalue weighted by Gasteiger charge is 2.51. The predicted octanol–water partition coefficient (Wildman–Crippen LogP) is 3.86. The van der Waals surface area contributed by atoms with Gasteiger partial charge in [-0.3, -0.25) is 0 Å². The number of nitrogens with zero attached hydrogens (tertiary/aromatic N) is 2. The van der Waals surface area contributed by atoms with E-state index in [9.17, 15) is 15.0 Å². The molecule has 0 amide bonds. The Balaban J connectivity index is 1.66. The SMILES string of the molecule is CCCCc1c(O)n(C2C3CC4CC(C3)CC2C4)n1C(=O)O. The summed E-state index contributed by atoms with van der Waals surface area (Å²) in [6, 6.07) is 0.203. The Bertz CT molecular complexity index is 558. The van der Waals surface area contributed by atoms with E-state index in [4.69, 9.17) is 0 Å². The Morgan fingerprint density at radius 2 is 1.73 bits per heavy atom. The molecule has 0 spiro atoms. The van der Waals surface area contributed by atoms with Crippen molar-refractivity contribution in [1.29, 1.82) is 0 Å². The summed E-state index contributed by atoms with van der Waals surface area (Å²) in [7, 11) is 0. The molecular formula is C17H26N2O3. The van der Waals surface area contributed by atoms with Gasteiger partial charge in [-0.25, -0.2) is 9.48 Å². The molecule has 1 heterocycles.